The molecule has 2 rings (SSSR count). The van der Waals surface area contributed by atoms with E-state index in [0.29, 0.717) is 18.0 Å². The number of nitrogens with zero attached hydrogens (tertiary/aromatic N) is 1. The van der Waals surface area contributed by atoms with Gasteiger partial charge in [0.05, 0.1) is 0 Å². The lowest BCUT2D eigenvalue weighted by Crippen LogP contribution is -2.33. The minimum Gasteiger partial charge on any atom is -0.453 e. The van der Waals surface area contributed by atoms with Crippen LogP contribution in [0.5, 0.6) is 0 Å². The van der Waals surface area contributed by atoms with Crippen LogP contribution in [-0.4, -0.2) is 24.1 Å². The van der Waals surface area contributed by atoms with Crippen molar-refractivity contribution in [2.75, 3.05) is 7.05 Å². The second-order valence-corrected chi connectivity index (χ2v) is 4.54. The quantitative estimate of drug-likeness (QED) is 0.821. The van der Waals surface area contributed by atoms with Gasteiger partial charge in [0.1, 0.15) is 0 Å². The molecule has 1 N–H and O–H groups in total. The standard InChI is InChI=1S/C15H18N2O2/c1-11-9-14(17(3)15(11)18)19-12(2)16-10-13-7-5-4-6-8-13/h4-9,14,16H,2,10H2,1,3H3. The van der Waals surface area contributed by atoms with E-state index in [1.165, 1.54) is 0 Å². The Kier molecular flexibility index (Phi) is 3.90. The SMILES string of the molecule is C=C(NCc1ccccc1)OC1C=C(C)C(=O)N1C. The maximum atomic E-state index is 11.6. The Hall–Kier alpha value is -2.23. The molecule has 1 amide bonds. The largest absolute Gasteiger partial charge is 0.453 e. The maximum Gasteiger partial charge on any atom is 0.252 e. The van der Waals surface area contributed by atoms with Crippen LogP contribution < -0.4 is 5.32 Å². The first-order chi connectivity index (χ1) is 9.08. The monoisotopic (exact) mass is 258 g/mol. The summed E-state index contributed by atoms with van der Waals surface area (Å²) in [5.41, 5.74) is 1.85. The van der Waals surface area contributed by atoms with Crippen molar-refractivity contribution in [3.63, 3.8) is 0 Å². The molecule has 1 unspecified atom stereocenters. The number of carbonyl (C=O) groups excluding carboxylic acids is 1. The van der Waals surface area contributed by atoms with Gasteiger partial charge in [0.25, 0.3) is 5.91 Å². The van der Waals surface area contributed by atoms with Gasteiger partial charge in [-0.05, 0) is 25.1 Å². The van der Waals surface area contributed by atoms with E-state index in [1.54, 1.807) is 24.9 Å². The molecule has 1 aromatic carbocycles. The molecule has 1 heterocycles. The zero-order valence-electron chi connectivity index (χ0n) is 11.2. The van der Waals surface area contributed by atoms with Crippen molar-refractivity contribution in [2.24, 2.45) is 0 Å². The Morgan fingerprint density at radius 1 is 1.42 bits per heavy atom. The number of benzene rings is 1. The third-order valence-corrected chi connectivity index (χ3v) is 3.03. The molecular formula is C15H18N2O2. The molecule has 0 aliphatic carbocycles. The average Bonchev–Trinajstić information content (AvgIpc) is 2.65. The van der Waals surface area contributed by atoms with E-state index >= 15 is 0 Å². The second kappa shape index (κ2) is 5.61. The molecule has 0 fully saturated rings. The Morgan fingerprint density at radius 3 is 2.68 bits per heavy atom. The third-order valence-electron chi connectivity index (χ3n) is 3.03. The third kappa shape index (κ3) is 3.16. The predicted molar refractivity (Wildman–Crippen MR) is 73.8 cm³/mol. The molecule has 0 radical (unpaired) electrons. The van der Waals surface area contributed by atoms with E-state index in [2.05, 4.69) is 11.9 Å². The highest BCUT2D eigenvalue weighted by Gasteiger charge is 2.28. The van der Waals surface area contributed by atoms with Gasteiger partial charge in [0.15, 0.2) is 12.1 Å². The number of ether oxygens (including phenoxy) is 1. The highest BCUT2D eigenvalue weighted by molar-refractivity contribution is 5.95. The fraction of sp³-hybridized carbons (Fsp3) is 0.267. The van der Waals surface area contributed by atoms with Gasteiger partial charge in [-0.1, -0.05) is 30.3 Å². The first kappa shape index (κ1) is 13.2. The molecule has 0 bridgehead atoms. The molecule has 4 heteroatoms. The van der Waals surface area contributed by atoms with Gasteiger partial charge in [0.2, 0.25) is 0 Å². The first-order valence-corrected chi connectivity index (χ1v) is 6.17. The van der Waals surface area contributed by atoms with Crippen LogP contribution in [0.25, 0.3) is 0 Å². The topological polar surface area (TPSA) is 41.6 Å². The Labute approximate surface area is 113 Å². The van der Waals surface area contributed by atoms with Crippen molar-refractivity contribution >= 4 is 5.91 Å². The average molecular weight is 258 g/mol. The number of rotatable bonds is 5. The Bertz CT molecular complexity index is 508. The van der Waals surface area contributed by atoms with Crippen LogP contribution in [0.1, 0.15) is 12.5 Å². The molecule has 4 nitrogen and oxygen atoms in total. The van der Waals surface area contributed by atoms with E-state index in [0.717, 1.165) is 5.56 Å². The normalized spacial score (nSPS) is 18.2. The summed E-state index contributed by atoms with van der Waals surface area (Å²) in [5.74, 6) is 0.445. The molecule has 0 saturated heterocycles. The van der Waals surface area contributed by atoms with Crippen molar-refractivity contribution in [2.45, 2.75) is 19.7 Å². The van der Waals surface area contributed by atoms with Crippen LogP contribution in [0.15, 0.2) is 54.4 Å². The summed E-state index contributed by atoms with van der Waals surface area (Å²) in [4.78, 5) is 13.2. The summed E-state index contributed by atoms with van der Waals surface area (Å²) < 4.78 is 5.61. The molecule has 1 aliphatic heterocycles. The molecule has 0 spiro atoms. The van der Waals surface area contributed by atoms with Gasteiger partial charge in [0, 0.05) is 19.2 Å². The fourth-order valence-electron chi connectivity index (χ4n) is 1.89. The van der Waals surface area contributed by atoms with Gasteiger partial charge in [-0.2, -0.15) is 0 Å². The summed E-state index contributed by atoms with van der Waals surface area (Å²) >= 11 is 0. The number of hydrogen-bond acceptors (Lipinski definition) is 3. The smallest absolute Gasteiger partial charge is 0.252 e. The van der Waals surface area contributed by atoms with Crippen molar-refractivity contribution < 1.29 is 9.53 Å². The van der Waals surface area contributed by atoms with Gasteiger partial charge >= 0.3 is 0 Å². The zero-order chi connectivity index (χ0) is 13.8. The molecular weight excluding hydrogens is 240 g/mol. The number of hydrogen-bond donors (Lipinski definition) is 1. The van der Waals surface area contributed by atoms with Crippen molar-refractivity contribution in [1.82, 2.24) is 10.2 Å². The lowest BCUT2D eigenvalue weighted by atomic mass is 10.2. The zero-order valence-corrected chi connectivity index (χ0v) is 11.2. The number of amides is 1. The van der Waals surface area contributed by atoms with Crippen LogP contribution in [-0.2, 0) is 16.1 Å². The molecule has 0 saturated carbocycles. The summed E-state index contributed by atoms with van der Waals surface area (Å²) in [7, 11) is 1.71. The van der Waals surface area contributed by atoms with E-state index in [-0.39, 0.29) is 12.1 Å². The molecule has 1 aromatic rings. The second-order valence-electron chi connectivity index (χ2n) is 4.54. The molecule has 19 heavy (non-hydrogen) atoms. The maximum absolute atomic E-state index is 11.6. The van der Waals surface area contributed by atoms with Crippen LogP contribution in [0.3, 0.4) is 0 Å². The number of carbonyl (C=O) groups is 1. The van der Waals surface area contributed by atoms with Crippen LogP contribution in [0.4, 0.5) is 0 Å². The lowest BCUT2D eigenvalue weighted by Gasteiger charge is -2.22. The number of likely N-dealkylation sites (N-methyl/N-ethyl adjacent to an activating group) is 1. The van der Waals surface area contributed by atoms with Crippen molar-refractivity contribution in [3.05, 3.63) is 60.0 Å². The minimum atomic E-state index is -0.372. The van der Waals surface area contributed by atoms with Crippen LogP contribution in [0, 0.1) is 0 Å². The fourth-order valence-corrected chi connectivity index (χ4v) is 1.89. The molecule has 100 valence electrons. The van der Waals surface area contributed by atoms with Crippen molar-refractivity contribution in [1.29, 1.82) is 0 Å². The summed E-state index contributed by atoms with van der Waals surface area (Å²) in [6.07, 6.45) is 1.42. The van der Waals surface area contributed by atoms with E-state index in [9.17, 15) is 4.79 Å². The minimum absolute atomic E-state index is 0.0131. The molecule has 1 atom stereocenters. The van der Waals surface area contributed by atoms with Gasteiger partial charge < -0.3 is 15.0 Å². The van der Waals surface area contributed by atoms with Gasteiger partial charge in [-0.15, -0.1) is 0 Å². The summed E-state index contributed by atoms with van der Waals surface area (Å²) in [6.45, 7) is 6.24. The highest BCUT2D eigenvalue weighted by atomic mass is 16.5. The van der Waals surface area contributed by atoms with E-state index in [4.69, 9.17) is 4.74 Å². The van der Waals surface area contributed by atoms with Gasteiger partial charge in [-0.3, -0.25) is 4.79 Å². The lowest BCUT2D eigenvalue weighted by molar-refractivity contribution is -0.130. The predicted octanol–water partition coefficient (Wildman–Crippen LogP) is 2.01. The Balaban J connectivity index is 1.84. The first-order valence-electron chi connectivity index (χ1n) is 6.17. The highest BCUT2D eigenvalue weighted by Crippen LogP contribution is 2.17. The summed E-state index contributed by atoms with van der Waals surface area (Å²) in [5, 5.41) is 3.09. The Morgan fingerprint density at radius 2 is 2.11 bits per heavy atom. The van der Waals surface area contributed by atoms with E-state index in [1.807, 2.05) is 30.3 Å². The molecule has 0 aromatic heterocycles. The molecule has 1 aliphatic rings. The number of nitrogens with one attached hydrogen (secondary N) is 1. The van der Waals surface area contributed by atoms with E-state index < -0.39 is 0 Å². The summed E-state index contributed by atoms with van der Waals surface area (Å²) in [6, 6.07) is 9.99. The van der Waals surface area contributed by atoms with Gasteiger partial charge in [-0.25, -0.2) is 0 Å². The van der Waals surface area contributed by atoms with Crippen molar-refractivity contribution in [3.8, 4) is 0 Å². The van der Waals surface area contributed by atoms with Crippen LogP contribution in [0.2, 0.25) is 0 Å². The van der Waals surface area contributed by atoms with Crippen LogP contribution >= 0.6 is 0 Å².